The number of carbonyl (C=O) groups is 4. The zero-order chi connectivity index (χ0) is 76.4. The monoisotopic (exact) mass is 1520 g/mol. The van der Waals surface area contributed by atoms with Crippen LogP contribution in [0, 0.1) is 11.8 Å². The zero-order valence-corrected chi connectivity index (χ0v) is 70.1. The fraction of sp³-hybridized carbons (Fsp3) is 0.953. The van der Waals surface area contributed by atoms with E-state index in [0.717, 1.165) is 102 Å². The van der Waals surface area contributed by atoms with Crippen LogP contribution in [0.2, 0.25) is 0 Å². The quantitative estimate of drug-likeness (QED) is 0.0222. The number of rotatable bonds is 84. The lowest BCUT2D eigenvalue weighted by molar-refractivity contribution is -0.161. The van der Waals surface area contributed by atoms with E-state index < -0.39 is 97.5 Å². The van der Waals surface area contributed by atoms with E-state index in [2.05, 4.69) is 41.5 Å². The molecule has 0 saturated heterocycles. The Bertz CT molecular complexity index is 1990. The van der Waals surface area contributed by atoms with Gasteiger partial charge in [0.2, 0.25) is 0 Å². The molecule has 0 bridgehead atoms. The van der Waals surface area contributed by atoms with E-state index in [-0.39, 0.29) is 25.7 Å². The van der Waals surface area contributed by atoms with Gasteiger partial charge >= 0.3 is 39.5 Å². The van der Waals surface area contributed by atoms with Crippen LogP contribution in [0.25, 0.3) is 0 Å². The number of unbranched alkanes of at least 4 members (excludes halogenated alkanes) is 54. The van der Waals surface area contributed by atoms with Crippen LogP contribution in [0.5, 0.6) is 0 Å². The number of hydrogen-bond acceptors (Lipinski definition) is 15. The first-order chi connectivity index (χ1) is 50.4. The van der Waals surface area contributed by atoms with Crippen molar-refractivity contribution in [2.45, 2.75) is 471 Å². The predicted octanol–water partition coefficient (Wildman–Crippen LogP) is 25.8. The molecule has 0 aromatic carbocycles. The van der Waals surface area contributed by atoms with Gasteiger partial charge in [0.05, 0.1) is 26.4 Å². The van der Waals surface area contributed by atoms with Crippen molar-refractivity contribution < 1.29 is 80.2 Å². The molecule has 0 aliphatic rings. The number of hydrogen-bond donors (Lipinski definition) is 3. The van der Waals surface area contributed by atoms with Gasteiger partial charge in [-0.15, -0.1) is 0 Å². The highest BCUT2D eigenvalue weighted by molar-refractivity contribution is 7.47. The number of esters is 4. The summed E-state index contributed by atoms with van der Waals surface area (Å²) in [5, 5.41) is 10.7. The van der Waals surface area contributed by atoms with Crippen LogP contribution in [0.4, 0.5) is 0 Å². The van der Waals surface area contributed by atoms with Crippen molar-refractivity contribution in [1.29, 1.82) is 0 Å². The first-order valence-corrected chi connectivity index (χ1v) is 47.0. The second kappa shape index (κ2) is 76.4. The van der Waals surface area contributed by atoms with E-state index in [9.17, 15) is 43.2 Å². The third-order valence-electron chi connectivity index (χ3n) is 20.0. The Balaban J connectivity index is 5.26. The minimum absolute atomic E-state index is 0.107. The van der Waals surface area contributed by atoms with Crippen molar-refractivity contribution in [2.24, 2.45) is 11.8 Å². The highest BCUT2D eigenvalue weighted by atomic mass is 31.2. The van der Waals surface area contributed by atoms with Gasteiger partial charge in [-0.3, -0.25) is 37.3 Å². The standard InChI is InChI=1S/C85H166O17P2/c1-7-9-11-13-15-17-19-21-23-25-27-29-31-33-38-44-51-57-63-69-84(89)101-80(73-95-82(87)67-61-55-49-43-37-32-30-28-26-24-22-20-18-16-14-12-10-8-2)75-99-103(91,92)97-71-79(86)72-98-104(93,94)100-76-81(74-96-83(88)68-62-56-50-46-40-42-48-54-60-66-78(5)6)102-85(90)70-64-58-52-45-39-35-34-36-41-47-53-59-65-77(3)4/h77-81,86H,7-76H2,1-6H3,(H,91,92)(H,93,94)/t79-,80-,81-/m1/s1. The fourth-order valence-corrected chi connectivity index (χ4v) is 14.8. The van der Waals surface area contributed by atoms with Gasteiger partial charge in [0.1, 0.15) is 19.3 Å². The normalized spacial score (nSPS) is 13.8. The number of phosphoric ester groups is 2. The molecule has 104 heavy (non-hydrogen) atoms. The highest BCUT2D eigenvalue weighted by Gasteiger charge is 2.30. The Morgan fingerprint density at radius 3 is 0.654 bits per heavy atom. The van der Waals surface area contributed by atoms with Crippen molar-refractivity contribution in [1.82, 2.24) is 0 Å². The molecule has 0 aromatic rings. The largest absolute Gasteiger partial charge is 0.472 e. The van der Waals surface area contributed by atoms with E-state index in [4.69, 9.17) is 37.0 Å². The van der Waals surface area contributed by atoms with E-state index in [1.807, 2.05) is 0 Å². The maximum atomic E-state index is 13.1. The van der Waals surface area contributed by atoms with E-state index in [1.54, 1.807) is 0 Å². The maximum Gasteiger partial charge on any atom is 0.472 e. The fourth-order valence-electron chi connectivity index (χ4n) is 13.2. The number of aliphatic hydroxyl groups is 1. The molecule has 0 rings (SSSR count). The van der Waals surface area contributed by atoms with Crippen LogP contribution in [-0.2, 0) is 65.4 Å². The Morgan fingerprint density at radius 1 is 0.260 bits per heavy atom. The average Bonchev–Trinajstić information content (AvgIpc) is 0.904. The van der Waals surface area contributed by atoms with Crippen LogP contribution in [0.1, 0.15) is 452 Å². The van der Waals surface area contributed by atoms with Gasteiger partial charge in [-0.05, 0) is 37.5 Å². The van der Waals surface area contributed by atoms with Gasteiger partial charge in [-0.1, -0.05) is 401 Å². The summed E-state index contributed by atoms with van der Waals surface area (Å²) in [6.45, 7) is 9.66. The zero-order valence-electron chi connectivity index (χ0n) is 68.3. The Labute approximate surface area is 638 Å². The SMILES string of the molecule is CCCCCCCCCCCCCCCCCCCCCC(=O)O[C@H](COC(=O)CCCCCCCCCCCCCCCCCCCC)COP(=O)(O)OC[C@@H](O)COP(=O)(O)OC[C@@H](COC(=O)CCCCCCCCCCCC(C)C)OC(=O)CCCCCCCCCCCCCCC(C)C. The lowest BCUT2D eigenvalue weighted by Gasteiger charge is -2.21. The molecule has 2 unspecified atom stereocenters. The van der Waals surface area contributed by atoms with Gasteiger partial charge in [-0.2, -0.15) is 0 Å². The summed E-state index contributed by atoms with van der Waals surface area (Å²) < 4.78 is 68.9. The number of aliphatic hydroxyl groups excluding tert-OH is 1. The molecule has 19 heteroatoms. The molecule has 17 nitrogen and oxygen atoms in total. The van der Waals surface area contributed by atoms with E-state index in [1.165, 1.54) is 270 Å². The highest BCUT2D eigenvalue weighted by Crippen LogP contribution is 2.45. The van der Waals surface area contributed by atoms with Crippen molar-refractivity contribution >= 4 is 39.5 Å². The molecule has 0 spiro atoms. The molecule has 0 aliphatic carbocycles. The number of ether oxygens (including phenoxy) is 4. The van der Waals surface area contributed by atoms with Crippen LogP contribution < -0.4 is 0 Å². The third kappa shape index (κ3) is 78.2. The van der Waals surface area contributed by atoms with E-state index in [0.29, 0.717) is 25.7 Å². The van der Waals surface area contributed by atoms with Crippen LogP contribution in [0.15, 0.2) is 0 Å². The lowest BCUT2D eigenvalue weighted by Crippen LogP contribution is -2.30. The van der Waals surface area contributed by atoms with Crippen molar-refractivity contribution in [3.63, 3.8) is 0 Å². The second-order valence-corrected chi connectivity index (χ2v) is 34.4. The summed E-state index contributed by atoms with van der Waals surface area (Å²) in [5.74, 6) is -0.582. The topological polar surface area (TPSA) is 237 Å². The first-order valence-electron chi connectivity index (χ1n) is 44.0. The minimum atomic E-state index is -4.97. The molecule has 3 N–H and O–H groups in total. The summed E-state index contributed by atoms with van der Waals surface area (Å²) in [6, 6.07) is 0. The molecule has 0 saturated carbocycles. The van der Waals surface area contributed by atoms with E-state index >= 15 is 0 Å². The second-order valence-electron chi connectivity index (χ2n) is 31.5. The molecular formula is C85H166O17P2. The van der Waals surface area contributed by atoms with Crippen LogP contribution in [0.3, 0.4) is 0 Å². The van der Waals surface area contributed by atoms with Gasteiger partial charge < -0.3 is 33.8 Å². The molecule has 0 aliphatic heterocycles. The van der Waals surface area contributed by atoms with Crippen LogP contribution in [-0.4, -0.2) is 96.7 Å². The molecule has 0 aromatic heterocycles. The smallest absolute Gasteiger partial charge is 0.462 e. The van der Waals surface area contributed by atoms with Crippen molar-refractivity contribution in [3.8, 4) is 0 Å². The predicted molar refractivity (Wildman–Crippen MR) is 428 cm³/mol. The molecule has 0 heterocycles. The third-order valence-corrected chi connectivity index (χ3v) is 21.9. The minimum Gasteiger partial charge on any atom is -0.462 e. The van der Waals surface area contributed by atoms with Gasteiger partial charge in [-0.25, -0.2) is 9.13 Å². The molecule has 5 atom stereocenters. The Kier molecular flexibility index (Phi) is 75.0. The molecule has 0 radical (unpaired) electrons. The lowest BCUT2D eigenvalue weighted by atomic mass is 10.0. The molecular weight excluding hydrogens is 1350 g/mol. The Hall–Kier alpha value is -1.94. The summed E-state index contributed by atoms with van der Waals surface area (Å²) in [4.78, 5) is 73.2. The van der Waals surface area contributed by atoms with Crippen LogP contribution >= 0.6 is 15.6 Å². The Morgan fingerprint density at radius 2 is 0.442 bits per heavy atom. The van der Waals surface area contributed by atoms with Crippen molar-refractivity contribution in [2.75, 3.05) is 39.6 Å². The van der Waals surface area contributed by atoms with Gasteiger partial charge in [0.15, 0.2) is 12.2 Å². The van der Waals surface area contributed by atoms with Gasteiger partial charge in [0.25, 0.3) is 0 Å². The first kappa shape index (κ1) is 102. The molecule has 0 fully saturated rings. The average molecular weight is 1520 g/mol. The number of carbonyl (C=O) groups excluding carboxylic acids is 4. The molecule has 0 amide bonds. The summed E-state index contributed by atoms with van der Waals surface area (Å²) >= 11 is 0. The van der Waals surface area contributed by atoms with Gasteiger partial charge in [0, 0.05) is 25.7 Å². The summed E-state index contributed by atoms with van der Waals surface area (Å²) in [7, 11) is -9.93. The molecule has 618 valence electrons. The number of phosphoric acid groups is 2. The summed E-state index contributed by atoms with van der Waals surface area (Å²) in [5.41, 5.74) is 0. The maximum absolute atomic E-state index is 13.1. The summed E-state index contributed by atoms with van der Waals surface area (Å²) in [6.07, 6.45) is 68.0. The van der Waals surface area contributed by atoms with Crippen molar-refractivity contribution in [3.05, 3.63) is 0 Å².